The van der Waals surface area contributed by atoms with Crippen LogP contribution in [-0.4, -0.2) is 12.8 Å². The van der Waals surface area contributed by atoms with Crippen LogP contribution >= 0.6 is 0 Å². The zero-order valence-electron chi connectivity index (χ0n) is 14.6. The lowest BCUT2D eigenvalue weighted by atomic mass is 10.2. The number of benzene rings is 3. The Bertz CT molecular complexity index is 858. The number of aliphatic imine (C=N–C) groups is 1. The molecule has 0 aromatic heterocycles. The predicted octanol–water partition coefficient (Wildman–Crippen LogP) is 5.55. The molecule has 0 spiro atoms. The summed E-state index contributed by atoms with van der Waals surface area (Å²) in [6.45, 7) is 2.96. The minimum atomic E-state index is -0.253. The molecule has 3 nitrogen and oxygen atoms in total. The Kier molecular flexibility index (Phi) is 5.99. The minimum Gasteiger partial charge on any atom is -0.494 e. The van der Waals surface area contributed by atoms with Gasteiger partial charge in [-0.2, -0.15) is 0 Å². The molecule has 0 N–H and O–H groups in total. The quantitative estimate of drug-likeness (QED) is 0.523. The Hall–Kier alpha value is -3.14. The monoisotopic (exact) mass is 349 g/mol. The van der Waals surface area contributed by atoms with Gasteiger partial charge in [0.05, 0.1) is 12.3 Å². The summed E-state index contributed by atoms with van der Waals surface area (Å²) in [4.78, 5) is 4.49. The van der Waals surface area contributed by atoms with E-state index in [4.69, 9.17) is 9.47 Å². The fourth-order valence-corrected chi connectivity index (χ4v) is 2.40. The summed E-state index contributed by atoms with van der Waals surface area (Å²) in [5.74, 6) is 1.30. The van der Waals surface area contributed by atoms with Crippen LogP contribution in [0.2, 0.25) is 0 Å². The summed E-state index contributed by atoms with van der Waals surface area (Å²) in [6.07, 6.45) is 1.77. The molecule has 0 saturated heterocycles. The highest BCUT2D eigenvalue weighted by molar-refractivity contribution is 5.85. The largest absolute Gasteiger partial charge is 0.494 e. The molecule has 0 fully saturated rings. The third-order valence-electron chi connectivity index (χ3n) is 3.73. The van der Waals surface area contributed by atoms with Gasteiger partial charge in [0.15, 0.2) is 0 Å². The molecule has 0 aliphatic rings. The Morgan fingerprint density at radius 1 is 0.885 bits per heavy atom. The Balaban J connectivity index is 1.69. The van der Waals surface area contributed by atoms with Gasteiger partial charge in [-0.25, -0.2) is 4.39 Å². The van der Waals surface area contributed by atoms with Crippen molar-refractivity contribution in [2.75, 3.05) is 6.61 Å². The van der Waals surface area contributed by atoms with Crippen molar-refractivity contribution >= 4 is 11.9 Å². The van der Waals surface area contributed by atoms with Crippen LogP contribution in [0, 0.1) is 5.82 Å². The lowest BCUT2D eigenvalue weighted by Crippen LogP contribution is -1.98. The average Bonchev–Trinajstić information content (AvgIpc) is 2.68. The van der Waals surface area contributed by atoms with Gasteiger partial charge in [-0.3, -0.25) is 4.99 Å². The molecule has 4 heteroatoms. The van der Waals surface area contributed by atoms with Gasteiger partial charge in [0.1, 0.15) is 23.9 Å². The van der Waals surface area contributed by atoms with Crippen molar-refractivity contribution in [3.63, 3.8) is 0 Å². The first-order chi connectivity index (χ1) is 12.7. The Morgan fingerprint density at radius 2 is 1.62 bits per heavy atom. The second-order valence-corrected chi connectivity index (χ2v) is 5.64. The highest BCUT2D eigenvalue weighted by Gasteiger charge is 2.02. The molecule has 0 aliphatic heterocycles. The van der Waals surface area contributed by atoms with Gasteiger partial charge in [-0.1, -0.05) is 24.3 Å². The van der Waals surface area contributed by atoms with Crippen molar-refractivity contribution in [1.29, 1.82) is 0 Å². The Labute approximate surface area is 152 Å². The molecule has 0 radical (unpaired) electrons. The molecular weight excluding hydrogens is 329 g/mol. The molecule has 3 aromatic carbocycles. The Morgan fingerprint density at radius 3 is 2.35 bits per heavy atom. The second-order valence-electron chi connectivity index (χ2n) is 5.64. The zero-order chi connectivity index (χ0) is 18.2. The number of ether oxygens (including phenoxy) is 2. The van der Waals surface area contributed by atoms with Crippen molar-refractivity contribution in [1.82, 2.24) is 0 Å². The van der Waals surface area contributed by atoms with E-state index in [2.05, 4.69) is 4.99 Å². The topological polar surface area (TPSA) is 30.8 Å². The summed E-state index contributed by atoms with van der Waals surface area (Å²) in [6, 6.07) is 21.6. The van der Waals surface area contributed by atoms with E-state index in [1.165, 1.54) is 12.1 Å². The standard InChI is InChI=1S/C22H20FNO2/c1-2-25-21-13-11-20(12-14-21)24-15-18-5-3-4-6-22(18)26-16-17-7-9-19(23)10-8-17/h3-15H,2,16H2,1H3. The molecule has 0 amide bonds. The summed E-state index contributed by atoms with van der Waals surface area (Å²) in [5.41, 5.74) is 2.62. The van der Waals surface area contributed by atoms with Crippen molar-refractivity contribution in [2.24, 2.45) is 4.99 Å². The molecule has 0 saturated carbocycles. The van der Waals surface area contributed by atoms with Crippen LogP contribution in [0.1, 0.15) is 18.1 Å². The lowest BCUT2D eigenvalue weighted by Gasteiger charge is -2.09. The molecule has 0 bridgehead atoms. The number of halogens is 1. The van der Waals surface area contributed by atoms with Crippen LogP contribution in [0.25, 0.3) is 0 Å². The van der Waals surface area contributed by atoms with E-state index >= 15 is 0 Å². The molecule has 0 aliphatic carbocycles. The minimum absolute atomic E-state index is 0.253. The van der Waals surface area contributed by atoms with E-state index in [9.17, 15) is 4.39 Å². The fraction of sp³-hybridized carbons (Fsp3) is 0.136. The maximum absolute atomic E-state index is 13.0. The maximum atomic E-state index is 13.0. The van der Waals surface area contributed by atoms with E-state index in [0.29, 0.717) is 13.2 Å². The van der Waals surface area contributed by atoms with Crippen LogP contribution in [0.15, 0.2) is 77.8 Å². The summed E-state index contributed by atoms with van der Waals surface area (Å²) in [5, 5.41) is 0. The summed E-state index contributed by atoms with van der Waals surface area (Å²) < 4.78 is 24.3. The normalized spacial score (nSPS) is 10.8. The summed E-state index contributed by atoms with van der Waals surface area (Å²) in [7, 11) is 0. The third-order valence-corrected chi connectivity index (χ3v) is 3.73. The number of rotatable bonds is 7. The molecule has 26 heavy (non-hydrogen) atoms. The van der Waals surface area contributed by atoms with Gasteiger partial charge in [0.2, 0.25) is 0 Å². The number of para-hydroxylation sites is 1. The first-order valence-corrected chi connectivity index (χ1v) is 8.48. The first-order valence-electron chi connectivity index (χ1n) is 8.48. The number of nitrogens with zero attached hydrogens (tertiary/aromatic N) is 1. The van der Waals surface area contributed by atoms with Crippen LogP contribution < -0.4 is 9.47 Å². The average molecular weight is 349 g/mol. The van der Waals surface area contributed by atoms with E-state index in [-0.39, 0.29) is 5.82 Å². The van der Waals surface area contributed by atoms with Crippen molar-refractivity contribution in [2.45, 2.75) is 13.5 Å². The molecule has 3 rings (SSSR count). The van der Waals surface area contributed by atoms with Gasteiger partial charge in [-0.05, 0) is 61.0 Å². The van der Waals surface area contributed by atoms with Crippen LogP contribution in [-0.2, 0) is 6.61 Å². The van der Waals surface area contributed by atoms with Crippen molar-refractivity contribution in [3.05, 3.63) is 89.7 Å². The molecule has 3 aromatic rings. The van der Waals surface area contributed by atoms with Crippen molar-refractivity contribution in [3.8, 4) is 11.5 Å². The van der Waals surface area contributed by atoms with E-state index in [1.807, 2.05) is 55.5 Å². The SMILES string of the molecule is CCOc1ccc(N=Cc2ccccc2OCc2ccc(F)cc2)cc1. The van der Waals surface area contributed by atoms with Crippen LogP contribution in [0.4, 0.5) is 10.1 Å². The van der Waals surface area contributed by atoms with Crippen LogP contribution in [0.3, 0.4) is 0 Å². The molecule has 0 atom stereocenters. The second kappa shape index (κ2) is 8.81. The first kappa shape index (κ1) is 17.7. The van der Waals surface area contributed by atoms with Gasteiger partial charge in [0, 0.05) is 11.8 Å². The molecule has 132 valence electrons. The highest BCUT2D eigenvalue weighted by atomic mass is 19.1. The van der Waals surface area contributed by atoms with Crippen molar-refractivity contribution < 1.29 is 13.9 Å². The predicted molar refractivity (Wildman–Crippen MR) is 102 cm³/mol. The van der Waals surface area contributed by atoms with Gasteiger partial charge >= 0.3 is 0 Å². The lowest BCUT2D eigenvalue weighted by molar-refractivity contribution is 0.305. The van der Waals surface area contributed by atoms with E-state index < -0.39 is 0 Å². The van der Waals surface area contributed by atoms with Gasteiger partial charge in [0.25, 0.3) is 0 Å². The van der Waals surface area contributed by atoms with E-state index in [1.54, 1.807) is 18.3 Å². The third kappa shape index (κ3) is 4.93. The smallest absolute Gasteiger partial charge is 0.128 e. The number of hydrogen-bond acceptors (Lipinski definition) is 3. The number of hydrogen-bond donors (Lipinski definition) is 0. The van der Waals surface area contributed by atoms with E-state index in [0.717, 1.165) is 28.3 Å². The van der Waals surface area contributed by atoms with Gasteiger partial charge in [-0.15, -0.1) is 0 Å². The summed E-state index contributed by atoms with van der Waals surface area (Å²) >= 11 is 0. The fourth-order valence-electron chi connectivity index (χ4n) is 2.40. The molecular formula is C22H20FNO2. The maximum Gasteiger partial charge on any atom is 0.128 e. The molecule has 0 unspecified atom stereocenters. The highest BCUT2D eigenvalue weighted by Crippen LogP contribution is 2.21. The van der Waals surface area contributed by atoms with Crippen LogP contribution in [0.5, 0.6) is 11.5 Å². The molecule has 0 heterocycles. The zero-order valence-corrected chi connectivity index (χ0v) is 14.6. The van der Waals surface area contributed by atoms with Gasteiger partial charge < -0.3 is 9.47 Å².